The van der Waals surface area contributed by atoms with Gasteiger partial charge in [0.25, 0.3) is 0 Å². The highest BCUT2D eigenvalue weighted by molar-refractivity contribution is 6.22. The van der Waals surface area contributed by atoms with Gasteiger partial charge in [0.15, 0.2) is 6.61 Å². The SMILES string of the molecule is CCCCN1C(=O)N(CCCC)C(=O)C2(ON=C(OCC(F)(F)F)N2CC)C1=O. The number of hydrogen-bond acceptors (Lipinski definition) is 7. The first kappa shape index (κ1) is 22.8. The highest BCUT2D eigenvalue weighted by Gasteiger charge is 2.67. The number of barbiturate groups is 1. The zero-order chi connectivity index (χ0) is 21.8. The van der Waals surface area contributed by atoms with E-state index < -0.39 is 42.4 Å². The van der Waals surface area contributed by atoms with Crippen LogP contribution in [0.2, 0.25) is 0 Å². The Kier molecular flexibility index (Phi) is 6.96. The number of urea groups is 1. The maximum absolute atomic E-state index is 13.2. The number of likely N-dealkylation sites (N-methyl/N-ethyl adjacent to an activating group) is 1. The van der Waals surface area contributed by atoms with Gasteiger partial charge in [-0.2, -0.15) is 13.2 Å². The van der Waals surface area contributed by atoms with Crippen LogP contribution in [-0.4, -0.2) is 76.7 Å². The standard InChI is InChI=1S/C17H25F3N4O5/c1-4-7-9-22-12(25)17(13(26)23(15(22)27)10-8-5-2)24(6-3)14(21-29-17)28-11-16(18,19)20/h4-11H2,1-3H3. The van der Waals surface area contributed by atoms with Crippen molar-refractivity contribution in [1.29, 1.82) is 0 Å². The van der Waals surface area contributed by atoms with Crippen molar-refractivity contribution >= 4 is 23.9 Å². The van der Waals surface area contributed by atoms with Crippen LogP contribution in [0.3, 0.4) is 0 Å². The molecule has 0 radical (unpaired) electrons. The Morgan fingerprint density at radius 1 is 1.00 bits per heavy atom. The molecule has 2 aliphatic rings. The summed E-state index contributed by atoms with van der Waals surface area (Å²) < 4.78 is 42.3. The normalized spacial score (nSPS) is 19.2. The first-order chi connectivity index (χ1) is 13.6. The second-order valence-electron chi connectivity index (χ2n) is 6.66. The van der Waals surface area contributed by atoms with Crippen molar-refractivity contribution in [3.05, 3.63) is 0 Å². The average Bonchev–Trinajstić information content (AvgIpc) is 3.04. The lowest BCUT2D eigenvalue weighted by Gasteiger charge is -2.43. The molecule has 0 aliphatic carbocycles. The molecule has 0 saturated carbocycles. The third-order valence-electron chi connectivity index (χ3n) is 4.55. The number of ether oxygens (including phenoxy) is 1. The summed E-state index contributed by atoms with van der Waals surface area (Å²) in [4.78, 5) is 46.9. The number of oxime groups is 1. The molecule has 1 spiro atoms. The number of amidine groups is 1. The third-order valence-corrected chi connectivity index (χ3v) is 4.55. The molecule has 164 valence electrons. The molecule has 2 rings (SSSR count). The first-order valence-corrected chi connectivity index (χ1v) is 9.55. The Morgan fingerprint density at radius 3 is 1.93 bits per heavy atom. The van der Waals surface area contributed by atoms with E-state index in [1.165, 1.54) is 6.92 Å². The number of carbonyl (C=O) groups is 3. The van der Waals surface area contributed by atoms with Crippen LogP contribution in [0, 0.1) is 0 Å². The lowest BCUT2D eigenvalue weighted by molar-refractivity contribution is -0.190. The predicted molar refractivity (Wildman–Crippen MR) is 94.3 cm³/mol. The summed E-state index contributed by atoms with van der Waals surface area (Å²) in [5.74, 6) is -1.96. The van der Waals surface area contributed by atoms with Crippen LogP contribution in [0.4, 0.5) is 18.0 Å². The molecule has 9 nitrogen and oxygen atoms in total. The summed E-state index contributed by atoms with van der Waals surface area (Å²) in [7, 11) is 0. The van der Waals surface area contributed by atoms with Gasteiger partial charge in [0.05, 0.1) is 0 Å². The molecular weight excluding hydrogens is 397 g/mol. The summed E-state index contributed by atoms with van der Waals surface area (Å²) >= 11 is 0. The highest BCUT2D eigenvalue weighted by Crippen LogP contribution is 2.34. The Hall–Kier alpha value is -2.53. The van der Waals surface area contributed by atoms with Gasteiger partial charge < -0.3 is 9.57 Å². The Morgan fingerprint density at radius 2 is 1.52 bits per heavy atom. The fourth-order valence-corrected chi connectivity index (χ4v) is 3.06. The molecule has 0 unspecified atom stereocenters. The van der Waals surface area contributed by atoms with E-state index >= 15 is 0 Å². The van der Waals surface area contributed by atoms with Crippen LogP contribution in [0.1, 0.15) is 46.5 Å². The van der Waals surface area contributed by atoms with Crippen LogP contribution in [-0.2, 0) is 19.2 Å². The van der Waals surface area contributed by atoms with Crippen molar-refractivity contribution < 1.29 is 37.1 Å². The summed E-state index contributed by atoms with van der Waals surface area (Å²) in [6.07, 6.45) is -2.29. The van der Waals surface area contributed by atoms with Crippen LogP contribution in [0.5, 0.6) is 0 Å². The molecule has 1 fully saturated rings. The third kappa shape index (κ3) is 4.25. The van der Waals surface area contributed by atoms with Gasteiger partial charge in [-0.1, -0.05) is 26.7 Å². The summed E-state index contributed by atoms with van der Waals surface area (Å²) in [6.45, 7) is 3.56. The number of nitrogens with zero attached hydrogens (tertiary/aromatic N) is 4. The van der Waals surface area contributed by atoms with Gasteiger partial charge in [-0.05, 0) is 24.9 Å². The topological polar surface area (TPSA) is 91.8 Å². The molecule has 1 saturated heterocycles. The number of imide groups is 2. The van der Waals surface area contributed by atoms with Gasteiger partial charge in [-0.15, -0.1) is 0 Å². The molecule has 4 amide bonds. The molecular formula is C17H25F3N4O5. The maximum Gasteiger partial charge on any atom is 0.422 e. The molecule has 0 N–H and O–H groups in total. The Labute approximate surface area is 166 Å². The minimum Gasteiger partial charge on any atom is -0.453 e. The molecule has 0 aromatic rings. The Balaban J connectivity index is 2.39. The van der Waals surface area contributed by atoms with Gasteiger partial charge in [-0.3, -0.25) is 24.3 Å². The van der Waals surface area contributed by atoms with Crippen molar-refractivity contribution in [2.24, 2.45) is 5.16 Å². The van der Waals surface area contributed by atoms with Crippen LogP contribution < -0.4 is 0 Å². The summed E-state index contributed by atoms with van der Waals surface area (Å²) in [5, 5.41) is 3.44. The van der Waals surface area contributed by atoms with E-state index in [2.05, 4.69) is 9.89 Å². The number of unbranched alkanes of at least 4 members (excludes halogenated alkanes) is 2. The van der Waals surface area contributed by atoms with E-state index in [1.54, 1.807) is 0 Å². The quantitative estimate of drug-likeness (QED) is 0.558. The molecule has 2 aliphatic heterocycles. The van der Waals surface area contributed by atoms with E-state index in [0.717, 1.165) is 14.7 Å². The summed E-state index contributed by atoms with van der Waals surface area (Å²) in [6, 6.07) is -1.40. The number of amides is 4. The molecule has 0 aromatic carbocycles. The van der Waals surface area contributed by atoms with Crippen molar-refractivity contribution in [3.8, 4) is 0 Å². The second-order valence-corrected chi connectivity index (χ2v) is 6.66. The number of hydrogen-bond donors (Lipinski definition) is 0. The highest BCUT2D eigenvalue weighted by atomic mass is 19.4. The fraction of sp³-hybridized carbons (Fsp3) is 0.765. The van der Waals surface area contributed by atoms with Crippen LogP contribution in [0.25, 0.3) is 0 Å². The van der Waals surface area contributed by atoms with Gasteiger partial charge in [0.2, 0.25) is 0 Å². The zero-order valence-corrected chi connectivity index (χ0v) is 16.6. The van der Waals surface area contributed by atoms with Gasteiger partial charge in [0, 0.05) is 19.6 Å². The van der Waals surface area contributed by atoms with Crippen molar-refractivity contribution in [2.75, 3.05) is 26.2 Å². The maximum atomic E-state index is 13.2. The van der Waals surface area contributed by atoms with Gasteiger partial charge >= 0.3 is 35.8 Å². The molecule has 0 aromatic heterocycles. The number of alkyl halides is 3. The molecule has 29 heavy (non-hydrogen) atoms. The molecule has 0 atom stereocenters. The summed E-state index contributed by atoms with van der Waals surface area (Å²) in [5.41, 5.74) is -2.38. The predicted octanol–water partition coefficient (Wildman–Crippen LogP) is 2.28. The van der Waals surface area contributed by atoms with E-state index in [-0.39, 0.29) is 19.6 Å². The smallest absolute Gasteiger partial charge is 0.422 e. The van der Waals surface area contributed by atoms with Gasteiger partial charge in [-0.25, -0.2) is 4.79 Å². The van der Waals surface area contributed by atoms with E-state index in [9.17, 15) is 27.6 Å². The first-order valence-electron chi connectivity index (χ1n) is 9.55. The van der Waals surface area contributed by atoms with Gasteiger partial charge in [0.1, 0.15) is 0 Å². The molecule has 2 heterocycles. The van der Waals surface area contributed by atoms with E-state index in [4.69, 9.17) is 4.84 Å². The lowest BCUT2D eigenvalue weighted by atomic mass is 10.0. The van der Waals surface area contributed by atoms with Crippen LogP contribution in [0.15, 0.2) is 5.16 Å². The molecule has 0 bridgehead atoms. The number of carbonyl (C=O) groups excluding carboxylic acids is 3. The van der Waals surface area contributed by atoms with Crippen LogP contribution >= 0.6 is 0 Å². The monoisotopic (exact) mass is 422 g/mol. The van der Waals surface area contributed by atoms with Crippen molar-refractivity contribution in [2.45, 2.75) is 58.4 Å². The Bertz CT molecular complexity index is 652. The minimum atomic E-state index is -4.64. The minimum absolute atomic E-state index is 0.0471. The number of rotatable bonds is 8. The van der Waals surface area contributed by atoms with Crippen molar-refractivity contribution in [3.63, 3.8) is 0 Å². The van der Waals surface area contributed by atoms with Crippen molar-refractivity contribution in [1.82, 2.24) is 14.7 Å². The van der Waals surface area contributed by atoms with E-state index in [0.29, 0.717) is 25.7 Å². The fourth-order valence-electron chi connectivity index (χ4n) is 3.06. The zero-order valence-electron chi connectivity index (χ0n) is 16.6. The number of halogens is 3. The largest absolute Gasteiger partial charge is 0.453 e. The molecule has 12 heteroatoms. The lowest BCUT2D eigenvalue weighted by Crippen LogP contribution is -2.74. The van der Waals surface area contributed by atoms with E-state index in [1.807, 2.05) is 13.8 Å². The second kappa shape index (κ2) is 8.87. The average molecular weight is 422 g/mol.